The Morgan fingerprint density at radius 2 is 1.89 bits per heavy atom. The molecule has 1 amide bonds. The molecule has 2 aromatic carbocycles. The maximum absolute atomic E-state index is 11.9. The van der Waals surface area contributed by atoms with Crippen LogP contribution in [0.3, 0.4) is 0 Å². The van der Waals surface area contributed by atoms with Gasteiger partial charge in [-0.3, -0.25) is 4.79 Å². The molecule has 150 valence electrons. The lowest BCUT2D eigenvalue weighted by molar-refractivity contribution is -0.121. The molecule has 0 saturated heterocycles. The van der Waals surface area contributed by atoms with Crippen LogP contribution in [0.2, 0.25) is 0 Å². The number of halogens is 1. The number of rotatable bonds is 11. The van der Waals surface area contributed by atoms with E-state index in [2.05, 4.69) is 46.4 Å². The van der Waals surface area contributed by atoms with Crippen molar-refractivity contribution < 1.29 is 14.3 Å². The van der Waals surface area contributed by atoms with Gasteiger partial charge >= 0.3 is 0 Å². The predicted octanol–water partition coefficient (Wildman–Crippen LogP) is 5.11. The van der Waals surface area contributed by atoms with Crippen molar-refractivity contribution in [2.45, 2.75) is 39.5 Å². The molecule has 0 radical (unpaired) electrons. The van der Waals surface area contributed by atoms with Crippen molar-refractivity contribution in [1.29, 1.82) is 0 Å². The van der Waals surface area contributed by atoms with Crippen LogP contribution >= 0.6 is 15.9 Å². The summed E-state index contributed by atoms with van der Waals surface area (Å²) in [5.41, 5.74) is 4.69. The molecule has 0 aliphatic heterocycles. The van der Waals surface area contributed by atoms with Crippen LogP contribution in [0.5, 0.6) is 11.5 Å². The Kier molecular flexibility index (Phi) is 9.55. The minimum absolute atomic E-state index is 0.136. The number of hydrogen-bond donors (Lipinski definition) is 1. The molecule has 0 heterocycles. The Morgan fingerprint density at radius 3 is 2.57 bits per heavy atom. The van der Waals surface area contributed by atoms with Gasteiger partial charge in [-0.25, -0.2) is 5.43 Å². The standard InChI is InChI=1S/C22H27BrN2O3/c1-3-13-27-19-10-7-18(8-11-19)16-24-25-22(26)6-5-14-28-21-12-9-17(4-2)15-20(21)23/h7-12,15-16H,3-6,13-14H2,1-2H3,(H,25,26)/b24-16+. The third kappa shape index (κ3) is 7.72. The molecule has 2 rings (SSSR count). The molecule has 0 saturated carbocycles. The van der Waals surface area contributed by atoms with Crippen molar-refractivity contribution in [3.8, 4) is 11.5 Å². The van der Waals surface area contributed by atoms with Gasteiger partial charge in [-0.1, -0.05) is 19.9 Å². The second kappa shape index (κ2) is 12.2. The van der Waals surface area contributed by atoms with Crippen molar-refractivity contribution in [1.82, 2.24) is 5.43 Å². The first-order chi connectivity index (χ1) is 13.6. The highest BCUT2D eigenvalue weighted by atomic mass is 79.9. The van der Waals surface area contributed by atoms with Gasteiger partial charge in [0.25, 0.3) is 0 Å². The smallest absolute Gasteiger partial charge is 0.240 e. The fourth-order valence-electron chi connectivity index (χ4n) is 2.40. The summed E-state index contributed by atoms with van der Waals surface area (Å²) < 4.78 is 12.2. The molecule has 0 bridgehead atoms. The average molecular weight is 447 g/mol. The summed E-state index contributed by atoms with van der Waals surface area (Å²) in [5.74, 6) is 1.49. The third-order valence-corrected chi connectivity index (χ3v) is 4.59. The Morgan fingerprint density at radius 1 is 1.11 bits per heavy atom. The number of nitrogens with one attached hydrogen (secondary N) is 1. The normalized spacial score (nSPS) is 10.8. The lowest BCUT2D eigenvalue weighted by Crippen LogP contribution is -2.18. The molecule has 0 fully saturated rings. The first-order valence-corrected chi connectivity index (χ1v) is 10.4. The molecule has 0 atom stereocenters. The summed E-state index contributed by atoms with van der Waals surface area (Å²) in [6.07, 6.45) is 4.54. The second-order valence-electron chi connectivity index (χ2n) is 6.28. The van der Waals surface area contributed by atoms with E-state index in [1.54, 1.807) is 6.21 Å². The summed E-state index contributed by atoms with van der Waals surface area (Å²) in [7, 11) is 0. The largest absolute Gasteiger partial charge is 0.494 e. The maximum atomic E-state index is 11.9. The van der Waals surface area contributed by atoms with Gasteiger partial charge in [-0.15, -0.1) is 0 Å². The van der Waals surface area contributed by atoms with Crippen LogP contribution in [-0.4, -0.2) is 25.3 Å². The van der Waals surface area contributed by atoms with Gasteiger partial charge in [-0.2, -0.15) is 5.10 Å². The number of amides is 1. The molecule has 1 N–H and O–H groups in total. The molecule has 2 aromatic rings. The van der Waals surface area contributed by atoms with Crippen LogP contribution in [0.1, 0.15) is 44.2 Å². The highest BCUT2D eigenvalue weighted by molar-refractivity contribution is 9.10. The summed E-state index contributed by atoms with van der Waals surface area (Å²) in [6, 6.07) is 13.6. The quantitative estimate of drug-likeness (QED) is 0.296. The zero-order valence-corrected chi connectivity index (χ0v) is 18.0. The number of hydrazone groups is 1. The SMILES string of the molecule is CCCOc1ccc(/C=N/NC(=O)CCCOc2ccc(CC)cc2Br)cc1. The Bertz CT molecular complexity index is 776. The molecule has 28 heavy (non-hydrogen) atoms. The number of aryl methyl sites for hydroxylation is 1. The van der Waals surface area contributed by atoms with Crippen molar-refractivity contribution in [2.24, 2.45) is 5.10 Å². The molecule has 0 spiro atoms. The van der Waals surface area contributed by atoms with E-state index < -0.39 is 0 Å². The van der Waals surface area contributed by atoms with Gasteiger partial charge in [-0.05, 0) is 82.7 Å². The van der Waals surface area contributed by atoms with Gasteiger partial charge in [0.1, 0.15) is 11.5 Å². The summed E-state index contributed by atoms with van der Waals surface area (Å²) in [6.45, 7) is 5.35. The molecule has 5 nitrogen and oxygen atoms in total. The summed E-state index contributed by atoms with van der Waals surface area (Å²) in [5, 5.41) is 3.99. The molecule has 0 aliphatic rings. The molecular formula is C22H27BrN2O3. The lowest BCUT2D eigenvalue weighted by Gasteiger charge is -2.09. The van der Waals surface area contributed by atoms with E-state index >= 15 is 0 Å². The topological polar surface area (TPSA) is 59.9 Å². The molecular weight excluding hydrogens is 420 g/mol. The van der Waals surface area contributed by atoms with Crippen LogP contribution < -0.4 is 14.9 Å². The van der Waals surface area contributed by atoms with E-state index in [1.807, 2.05) is 36.4 Å². The van der Waals surface area contributed by atoms with E-state index in [1.165, 1.54) is 5.56 Å². The van der Waals surface area contributed by atoms with Crippen molar-refractivity contribution >= 4 is 28.1 Å². The minimum atomic E-state index is -0.136. The fraction of sp³-hybridized carbons (Fsp3) is 0.364. The van der Waals surface area contributed by atoms with Gasteiger partial charge in [0.15, 0.2) is 0 Å². The van der Waals surface area contributed by atoms with Crippen LogP contribution in [0.25, 0.3) is 0 Å². The number of ether oxygens (including phenoxy) is 2. The van der Waals surface area contributed by atoms with Gasteiger partial charge < -0.3 is 9.47 Å². The predicted molar refractivity (Wildman–Crippen MR) is 116 cm³/mol. The van der Waals surface area contributed by atoms with Crippen molar-refractivity contribution in [2.75, 3.05) is 13.2 Å². The second-order valence-corrected chi connectivity index (χ2v) is 7.14. The molecule has 0 unspecified atom stereocenters. The number of benzene rings is 2. The summed E-state index contributed by atoms with van der Waals surface area (Å²) >= 11 is 3.51. The first-order valence-electron chi connectivity index (χ1n) is 9.58. The van der Waals surface area contributed by atoms with E-state index in [4.69, 9.17) is 9.47 Å². The van der Waals surface area contributed by atoms with Crippen LogP contribution in [-0.2, 0) is 11.2 Å². The van der Waals surface area contributed by atoms with Crippen LogP contribution in [0, 0.1) is 0 Å². The van der Waals surface area contributed by atoms with Gasteiger partial charge in [0.05, 0.1) is 23.9 Å². The van der Waals surface area contributed by atoms with Crippen LogP contribution in [0.4, 0.5) is 0 Å². The number of hydrogen-bond acceptors (Lipinski definition) is 4. The first kappa shape index (κ1) is 22.0. The molecule has 0 aromatic heterocycles. The monoisotopic (exact) mass is 446 g/mol. The molecule has 0 aliphatic carbocycles. The van der Waals surface area contributed by atoms with Crippen molar-refractivity contribution in [3.63, 3.8) is 0 Å². The van der Waals surface area contributed by atoms with Crippen molar-refractivity contribution in [3.05, 3.63) is 58.1 Å². The number of nitrogens with zero attached hydrogens (tertiary/aromatic N) is 1. The highest BCUT2D eigenvalue weighted by Crippen LogP contribution is 2.26. The van der Waals surface area contributed by atoms with Gasteiger partial charge in [0, 0.05) is 6.42 Å². The zero-order valence-electron chi connectivity index (χ0n) is 16.4. The maximum Gasteiger partial charge on any atom is 0.240 e. The fourth-order valence-corrected chi connectivity index (χ4v) is 2.94. The van der Waals surface area contributed by atoms with E-state index in [9.17, 15) is 4.79 Å². The van der Waals surface area contributed by atoms with E-state index in [-0.39, 0.29) is 5.91 Å². The van der Waals surface area contributed by atoms with Crippen LogP contribution in [0.15, 0.2) is 52.0 Å². The lowest BCUT2D eigenvalue weighted by atomic mass is 10.2. The third-order valence-electron chi connectivity index (χ3n) is 3.97. The highest BCUT2D eigenvalue weighted by Gasteiger charge is 2.04. The molecule has 6 heteroatoms. The summed E-state index contributed by atoms with van der Waals surface area (Å²) in [4.78, 5) is 11.9. The average Bonchev–Trinajstić information content (AvgIpc) is 2.71. The van der Waals surface area contributed by atoms with Gasteiger partial charge in [0.2, 0.25) is 5.91 Å². The van der Waals surface area contributed by atoms with E-state index in [0.717, 1.165) is 34.4 Å². The zero-order chi connectivity index (χ0) is 20.2. The Hall–Kier alpha value is -2.34. The Balaban J connectivity index is 1.66. The Labute approximate surface area is 175 Å². The van der Waals surface area contributed by atoms with E-state index in [0.29, 0.717) is 26.1 Å². The minimum Gasteiger partial charge on any atom is -0.494 e. The number of carbonyl (C=O) groups is 1. The number of carbonyl (C=O) groups excluding carboxylic acids is 1.